The van der Waals surface area contributed by atoms with E-state index < -0.39 is 0 Å². The Morgan fingerprint density at radius 3 is 2.20 bits per heavy atom. The average Bonchev–Trinajstić information content (AvgIpc) is 3.37. The van der Waals surface area contributed by atoms with Crippen LogP contribution in [0, 0.1) is 11.8 Å². The highest BCUT2D eigenvalue weighted by atomic mass is 15.0. The van der Waals surface area contributed by atoms with Crippen LogP contribution in [0.25, 0.3) is 10.8 Å². The fraction of sp³-hybridized carbons (Fsp3) is 0.474. The molecule has 104 valence electrons. The second-order valence-electron chi connectivity index (χ2n) is 6.70. The number of fused-ring (bicyclic) bond motifs is 1. The highest BCUT2D eigenvalue weighted by molar-refractivity contribution is 5.83. The van der Waals surface area contributed by atoms with Crippen molar-refractivity contribution in [3.8, 4) is 0 Å². The molecular weight excluding hydrogens is 242 g/mol. The van der Waals surface area contributed by atoms with E-state index in [9.17, 15) is 0 Å². The molecule has 1 unspecified atom stereocenters. The van der Waals surface area contributed by atoms with Crippen molar-refractivity contribution in [2.45, 2.75) is 44.7 Å². The van der Waals surface area contributed by atoms with E-state index in [-0.39, 0.29) is 0 Å². The summed E-state index contributed by atoms with van der Waals surface area (Å²) < 4.78 is 0. The molecule has 0 saturated heterocycles. The summed E-state index contributed by atoms with van der Waals surface area (Å²) in [7, 11) is 0. The molecule has 1 heteroatoms. The summed E-state index contributed by atoms with van der Waals surface area (Å²) in [5, 5.41) is 6.61. The Morgan fingerprint density at radius 2 is 1.55 bits per heavy atom. The summed E-state index contributed by atoms with van der Waals surface area (Å²) in [4.78, 5) is 0. The van der Waals surface area contributed by atoms with Gasteiger partial charge in [0.05, 0.1) is 0 Å². The molecule has 0 spiro atoms. The Balaban J connectivity index is 1.54. The average molecular weight is 265 g/mol. The van der Waals surface area contributed by atoms with Crippen molar-refractivity contribution in [1.29, 1.82) is 0 Å². The van der Waals surface area contributed by atoms with Crippen molar-refractivity contribution in [3.63, 3.8) is 0 Å². The normalized spacial score (nSPS) is 20.5. The second-order valence-corrected chi connectivity index (χ2v) is 6.70. The molecule has 2 saturated carbocycles. The number of hydrogen-bond donors (Lipinski definition) is 1. The highest BCUT2D eigenvalue weighted by Crippen LogP contribution is 2.45. The van der Waals surface area contributed by atoms with Gasteiger partial charge in [-0.3, -0.25) is 0 Å². The molecular formula is C19H23N. The lowest BCUT2D eigenvalue weighted by molar-refractivity contribution is 0.377. The highest BCUT2D eigenvalue weighted by Gasteiger charge is 2.41. The summed E-state index contributed by atoms with van der Waals surface area (Å²) in [6, 6.07) is 16.8. The minimum absolute atomic E-state index is 0.464. The van der Waals surface area contributed by atoms with Gasteiger partial charge >= 0.3 is 0 Å². The minimum atomic E-state index is 0.464. The Labute approximate surface area is 121 Å². The summed E-state index contributed by atoms with van der Waals surface area (Å²) in [5.74, 6) is 1.93. The molecule has 2 aliphatic rings. The topological polar surface area (TPSA) is 12.0 Å². The van der Waals surface area contributed by atoms with Gasteiger partial charge in [-0.2, -0.15) is 0 Å². The molecule has 1 atom stereocenters. The van der Waals surface area contributed by atoms with E-state index in [1.165, 1.54) is 42.0 Å². The predicted molar refractivity (Wildman–Crippen MR) is 84.7 cm³/mol. The maximum atomic E-state index is 3.92. The van der Waals surface area contributed by atoms with Gasteiger partial charge in [-0.25, -0.2) is 0 Å². The number of benzene rings is 2. The van der Waals surface area contributed by atoms with Gasteiger partial charge < -0.3 is 5.32 Å². The summed E-state index contributed by atoms with van der Waals surface area (Å²) >= 11 is 0. The van der Waals surface area contributed by atoms with Crippen LogP contribution in [-0.4, -0.2) is 6.04 Å². The second kappa shape index (κ2) is 4.89. The van der Waals surface area contributed by atoms with Crippen LogP contribution in [0.4, 0.5) is 0 Å². The lowest BCUT2D eigenvalue weighted by Crippen LogP contribution is -2.35. The smallest absolute Gasteiger partial charge is 0.0294 e. The zero-order valence-corrected chi connectivity index (χ0v) is 12.2. The van der Waals surface area contributed by atoms with E-state index in [1.807, 2.05) is 0 Å². The first kappa shape index (κ1) is 12.4. The number of rotatable bonds is 5. The molecule has 0 amide bonds. The maximum Gasteiger partial charge on any atom is 0.0294 e. The summed E-state index contributed by atoms with van der Waals surface area (Å²) in [6.45, 7) is 2.32. The largest absolute Gasteiger partial charge is 0.307 e. The van der Waals surface area contributed by atoms with Gasteiger partial charge in [0.2, 0.25) is 0 Å². The van der Waals surface area contributed by atoms with Crippen molar-refractivity contribution in [2.24, 2.45) is 11.8 Å². The molecule has 1 N–H and O–H groups in total. The first-order chi connectivity index (χ1) is 9.81. The molecule has 2 aliphatic carbocycles. The quantitative estimate of drug-likeness (QED) is 0.827. The van der Waals surface area contributed by atoms with Gasteiger partial charge in [-0.1, -0.05) is 36.4 Å². The SMILES string of the molecule is CC(NC(C1CC1)C1CC1)c1ccc2ccccc2c1. The molecule has 0 aromatic heterocycles. The molecule has 0 aliphatic heterocycles. The van der Waals surface area contributed by atoms with E-state index in [0.717, 1.165) is 17.9 Å². The first-order valence-corrected chi connectivity index (χ1v) is 8.06. The van der Waals surface area contributed by atoms with Crippen LogP contribution in [0.5, 0.6) is 0 Å². The van der Waals surface area contributed by atoms with Crippen LogP contribution >= 0.6 is 0 Å². The Morgan fingerprint density at radius 1 is 0.900 bits per heavy atom. The molecule has 0 bridgehead atoms. The number of hydrogen-bond acceptors (Lipinski definition) is 1. The Bertz CT molecular complexity index is 598. The number of nitrogens with one attached hydrogen (secondary N) is 1. The van der Waals surface area contributed by atoms with Gasteiger partial charge in [0, 0.05) is 12.1 Å². The molecule has 0 radical (unpaired) electrons. The van der Waals surface area contributed by atoms with Gasteiger partial charge in [0.15, 0.2) is 0 Å². The lowest BCUT2D eigenvalue weighted by Gasteiger charge is -2.23. The zero-order valence-electron chi connectivity index (χ0n) is 12.2. The van der Waals surface area contributed by atoms with E-state index >= 15 is 0 Å². The third kappa shape index (κ3) is 2.47. The molecule has 1 nitrogen and oxygen atoms in total. The van der Waals surface area contributed by atoms with Crippen molar-refractivity contribution < 1.29 is 0 Å². The molecule has 2 aromatic carbocycles. The van der Waals surface area contributed by atoms with E-state index in [4.69, 9.17) is 0 Å². The van der Waals surface area contributed by atoms with E-state index in [1.54, 1.807) is 0 Å². The molecule has 0 heterocycles. The zero-order chi connectivity index (χ0) is 13.5. The van der Waals surface area contributed by atoms with Crippen LogP contribution in [0.1, 0.15) is 44.2 Å². The van der Waals surface area contributed by atoms with Gasteiger partial charge in [0.1, 0.15) is 0 Å². The summed E-state index contributed by atoms with van der Waals surface area (Å²) in [5.41, 5.74) is 1.43. The van der Waals surface area contributed by atoms with Crippen LogP contribution in [0.2, 0.25) is 0 Å². The fourth-order valence-electron chi connectivity index (χ4n) is 3.43. The van der Waals surface area contributed by atoms with Crippen LogP contribution in [-0.2, 0) is 0 Å². The third-order valence-corrected chi connectivity index (χ3v) is 4.98. The van der Waals surface area contributed by atoms with Gasteiger partial charge in [0.25, 0.3) is 0 Å². The van der Waals surface area contributed by atoms with Crippen molar-refractivity contribution >= 4 is 10.8 Å². The van der Waals surface area contributed by atoms with Crippen molar-refractivity contribution in [2.75, 3.05) is 0 Å². The van der Waals surface area contributed by atoms with Crippen molar-refractivity contribution in [1.82, 2.24) is 5.32 Å². The summed E-state index contributed by atoms with van der Waals surface area (Å²) in [6.07, 6.45) is 5.77. The van der Waals surface area contributed by atoms with Crippen molar-refractivity contribution in [3.05, 3.63) is 48.0 Å². The van der Waals surface area contributed by atoms with Crippen LogP contribution < -0.4 is 5.32 Å². The lowest BCUT2D eigenvalue weighted by atomic mass is 10.00. The maximum absolute atomic E-state index is 3.92. The van der Waals surface area contributed by atoms with E-state index in [2.05, 4.69) is 54.7 Å². The van der Waals surface area contributed by atoms with Crippen LogP contribution in [0.3, 0.4) is 0 Å². The Kier molecular flexibility index (Phi) is 3.03. The molecule has 2 aromatic rings. The van der Waals surface area contributed by atoms with Gasteiger partial charge in [-0.05, 0) is 66.8 Å². The fourth-order valence-corrected chi connectivity index (χ4v) is 3.43. The standard InChI is InChI=1S/C19H23N/c1-13(20-19(15-7-8-15)16-9-10-16)17-11-6-14-4-2-3-5-18(14)12-17/h2-6,11-13,15-16,19-20H,7-10H2,1H3. The minimum Gasteiger partial charge on any atom is -0.307 e. The third-order valence-electron chi connectivity index (χ3n) is 4.98. The molecule has 2 fully saturated rings. The van der Waals surface area contributed by atoms with E-state index in [0.29, 0.717) is 6.04 Å². The monoisotopic (exact) mass is 265 g/mol. The first-order valence-electron chi connectivity index (χ1n) is 8.06. The van der Waals surface area contributed by atoms with Crippen LogP contribution in [0.15, 0.2) is 42.5 Å². The molecule has 20 heavy (non-hydrogen) atoms. The Hall–Kier alpha value is -1.34. The molecule has 4 rings (SSSR count). The van der Waals surface area contributed by atoms with Gasteiger partial charge in [-0.15, -0.1) is 0 Å². The predicted octanol–water partition coefficient (Wildman–Crippen LogP) is 4.68.